The summed E-state index contributed by atoms with van der Waals surface area (Å²) in [6.45, 7) is 5.03. The molecule has 2 aliphatic rings. The molecule has 1 heterocycles. The number of benzene rings is 1. The highest BCUT2D eigenvalue weighted by molar-refractivity contribution is 5.78. The number of aryl methyl sites for hydroxylation is 1. The molecule has 1 aromatic carbocycles. The number of hydrogen-bond acceptors (Lipinski definition) is 4. The minimum atomic E-state index is -0.255. The van der Waals surface area contributed by atoms with Crippen LogP contribution in [0.5, 0.6) is 0 Å². The van der Waals surface area contributed by atoms with Crippen LogP contribution in [0.15, 0.2) is 24.3 Å². The fourth-order valence-corrected chi connectivity index (χ4v) is 3.91. The Morgan fingerprint density at radius 3 is 2.96 bits per heavy atom. The van der Waals surface area contributed by atoms with E-state index in [1.54, 1.807) is 0 Å². The molecule has 3 atom stereocenters. The number of ether oxygens (including phenoxy) is 1. The molecule has 0 bridgehead atoms. The highest BCUT2D eigenvalue weighted by Crippen LogP contribution is 2.32. The summed E-state index contributed by atoms with van der Waals surface area (Å²) >= 11 is 0. The second kappa shape index (κ2) is 8.10. The van der Waals surface area contributed by atoms with Gasteiger partial charge in [0.1, 0.15) is 0 Å². The van der Waals surface area contributed by atoms with Crippen LogP contribution in [0.3, 0.4) is 0 Å². The third kappa shape index (κ3) is 4.15. The molecule has 1 aromatic rings. The maximum Gasteiger partial charge on any atom is 0.234 e. The number of hydrogen-bond donors (Lipinski definition) is 2. The number of morpholine rings is 1. The smallest absolute Gasteiger partial charge is 0.234 e. The van der Waals surface area contributed by atoms with E-state index in [9.17, 15) is 9.90 Å². The average Bonchev–Trinajstić information content (AvgIpc) is 3.00. The van der Waals surface area contributed by atoms with E-state index >= 15 is 0 Å². The molecule has 5 nitrogen and oxygen atoms in total. The van der Waals surface area contributed by atoms with Crippen molar-refractivity contribution in [2.45, 2.75) is 44.9 Å². The molecule has 0 spiro atoms. The first kappa shape index (κ1) is 17.4. The van der Waals surface area contributed by atoms with Crippen LogP contribution in [0.4, 0.5) is 0 Å². The van der Waals surface area contributed by atoms with Gasteiger partial charge in [-0.1, -0.05) is 30.7 Å². The third-order valence-corrected chi connectivity index (χ3v) is 5.39. The number of amides is 1. The molecule has 132 valence electrons. The first-order chi connectivity index (χ1) is 11.6. The Morgan fingerprint density at radius 1 is 1.38 bits per heavy atom. The van der Waals surface area contributed by atoms with Gasteiger partial charge in [-0.2, -0.15) is 0 Å². The molecule has 0 radical (unpaired) electrons. The van der Waals surface area contributed by atoms with Crippen LogP contribution >= 0.6 is 0 Å². The molecular formula is C19H28N2O3. The van der Waals surface area contributed by atoms with Crippen molar-refractivity contribution in [3.63, 3.8) is 0 Å². The van der Waals surface area contributed by atoms with Crippen LogP contribution in [0.2, 0.25) is 0 Å². The molecule has 0 aromatic heterocycles. The lowest BCUT2D eigenvalue weighted by atomic mass is 9.94. The number of aliphatic hydroxyl groups excluding tert-OH is 1. The summed E-state index contributed by atoms with van der Waals surface area (Å²) in [4.78, 5) is 14.6. The summed E-state index contributed by atoms with van der Waals surface area (Å²) in [5.74, 6) is 0.270. The van der Waals surface area contributed by atoms with E-state index in [4.69, 9.17) is 4.74 Å². The standard InChI is InChI=1S/C19H28N2O3/c1-14-5-2-3-6-15(14)11-20-19(23)12-21-9-10-24-13-17(21)16-7-4-8-18(16)22/h2-3,5-6,16-18,22H,4,7-13H2,1H3,(H,20,23)/t16-,17+,18+/m0/s1. The van der Waals surface area contributed by atoms with Crippen LogP contribution in [0, 0.1) is 12.8 Å². The van der Waals surface area contributed by atoms with E-state index in [-0.39, 0.29) is 24.0 Å². The highest BCUT2D eigenvalue weighted by atomic mass is 16.5. The zero-order valence-corrected chi connectivity index (χ0v) is 14.4. The van der Waals surface area contributed by atoms with Gasteiger partial charge in [0.05, 0.1) is 25.9 Å². The van der Waals surface area contributed by atoms with Crippen molar-refractivity contribution in [2.75, 3.05) is 26.3 Å². The monoisotopic (exact) mass is 332 g/mol. The second-order valence-corrected chi connectivity index (χ2v) is 6.98. The Labute approximate surface area is 144 Å². The summed E-state index contributed by atoms with van der Waals surface area (Å²) in [5, 5.41) is 13.2. The zero-order chi connectivity index (χ0) is 16.9. The molecule has 3 rings (SSSR count). The van der Waals surface area contributed by atoms with Gasteiger partial charge in [0.25, 0.3) is 0 Å². The van der Waals surface area contributed by atoms with Crippen molar-refractivity contribution in [3.8, 4) is 0 Å². The number of aliphatic hydroxyl groups is 1. The highest BCUT2D eigenvalue weighted by Gasteiger charge is 2.38. The minimum absolute atomic E-state index is 0.0395. The van der Waals surface area contributed by atoms with Gasteiger partial charge in [-0.3, -0.25) is 9.69 Å². The number of carbonyl (C=O) groups excluding carboxylic acids is 1. The topological polar surface area (TPSA) is 61.8 Å². The van der Waals surface area contributed by atoms with Gasteiger partial charge in [-0.15, -0.1) is 0 Å². The van der Waals surface area contributed by atoms with Crippen molar-refractivity contribution in [3.05, 3.63) is 35.4 Å². The average molecular weight is 332 g/mol. The van der Waals surface area contributed by atoms with Crippen molar-refractivity contribution in [1.29, 1.82) is 0 Å². The molecule has 1 aliphatic carbocycles. The lowest BCUT2D eigenvalue weighted by Crippen LogP contribution is -2.53. The SMILES string of the molecule is Cc1ccccc1CNC(=O)CN1CCOC[C@@H]1[C@@H]1CCC[C@H]1O. The Balaban J connectivity index is 1.54. The van der Waals surface area contributed by atoms with Gasteiger partial charge in [0.15, 0.2) is 0 Å². The van der Waals surface area contributed by atoms with E-state index < -0.39 is 0 Å². The second-order valence-electron chi connectivity index (χ2n) is 6.98. The predicted octanol–water partition coefficient (Wildman–Crippen LogP) is 1.47. The van der Waals surface area contributed by atoms with Crippen molar-refractivity contribution >= 4 is 5.91 Å². The Bertz CT molecular complexity index is 563. The first-order valence-corrected chi connectivity index (χ1v) is 8.96. The quantitative estimate of drug-likeness (QED) is 0.857. The normalized spacial score (nSPS) is 28.0. The van der Waals surface area contributed by atoms with Crippen LogP contribution < -0.4 is 5.32 Å². The number of rotatable bonds is 5. The first-order valence-electron chi connectivity index (χ1n) is 8.96. The van der Waals surface area contributed by atoms with Gasteiger partial charge in [0, 0.05) is 25.0 Å². The largest absolute Gasteiger partial charge is 0.393 e. The molecule has 0 unspecified atom stereocenters. The van der Waals surface area contributed by atoms with E-state index in [1.165, 1.54) is 5.56 Å². The van der Waals surface area contributed by atoms with Crippen LogP contribution in [-0.4, -0.2) is 54.4 Å². The van der Waals surface area contributed by atoms with Crippen LogP contribution in [-0.2, 0) is 16.1 Å². The van der Waals surface area contributed by atoms with Crippen LogP contribution in [0.25, 0.3) is 0 Å². The maximum atomic E-state index is 12.4. The van der Waals surface area contributed by atoms with E-state index in [0.717, 1.165) is 31.4 Å². The Hall–Kier alpha value is -1.43. The molecular weight excluding hydrogens is 304 g/mol. The molecule has 1 saturated heterocycles. The van der Waals surface area contributed by atoms with E-state index in [2.05, 4.69) is 23.2 Å². The maximum absolute atomic E-state index is 12.4. The number of nitrogens with one attached hydrogen (secondary N) is 1. The number of carbonyl (C=O) groups is 1. The third-order valence-electron chi connectivity index (χ3n) is 5.39. The Kier molecular flexibility index (Phi) is 5.87. The van der Waals surface area contributed by atoms with Crippen LogP contribution in [0.1, 0.15) is 30.4 Å². The van der Waals surface area contributed by atoms with E-state index in [1.807, 2.05) is 18.2 Å². The fraction of sp³-hybridized carbons (Fsp3) is 0.632. The summed E-state index contributed by atoms with van der Waals surface area (Å²) in [5.41, 5.74) is 2.34. The molecule has 1 aliphatic heterocycles. The molecule has 2 N–H and O–H groups in total. The van der Waals surface area contributed by atoms with Gasteiger partial charge in [0.2, 0.25) is 5.91 Å². The van der Waals surface area contributed by atoms with Gasteiger partial charge in [-0.05, 0) is 30.9 Å². The zero-order valence-electron chi connectivity index (χ0n) is 14.4. The summed E-state index contributed by atoms with van der Waals surface area (Å²) in [7, 11) is 0. The summed E-state index contributed by atoms with van der Waals surface area (Å²) in [6.07, 6.45) is 2.70. The molecule has 1 saturated carbocycles. The fourth-order valence-electron chi connectivity index (χ4n) is 3.91. The molecule has 24 heavy (non-hydrogen) atoms. The van der Waals surface area contributed by atoms with Crippen molar-refractivity contribution in [2.24, 2.45) is 5.92 Å². The molecule has 2 fully saturated rings. The van der Waals surface area contributed by atoms with Crippen molar-refractivity contribution < 1.29 is 14.6 Å². The van der Waals surface area contributed by atoms with Gasteiger partial charge in [-0.25, -0.2) is 0 Å². The lowest BCUT2D eigenvalue weighted by molar-refractivity contribution is -0.126. The molecule has 5 heteroatoms. The summed E-state index contributed by atoms with van der Waals surface area (Å²) < 4.78 is 5.62. The van der Waals surface area contributed by atoms with E-state index in [0.29, 0.717) is 26.3 Å². The predicted molar refractivity (Wildman–Crippen MR) is 92.6 cm³/mol. The lowest BCUT2D eigenvalue weighted by Gasteiger charge is -2.39. The van der Waals surface area contributed by atoms with Gasteiger partial charge >= 0.3 is 0 Å². The Morgan fingerprint density at radius 2 is 2.21 bits per heavy atom. The summed E-state index contributed by atoms with van der Waals surface area (Å²) in [6, 6.07) is 8.25. The van der Waals surface area contributed by atoms with Crippen molar-refractivity contribution in [1.82, 2.24) is 10.2 Å². The van der Waals surface area contributed by atoms with Gasteiger partial charge < -0.3 is 15.2 Å². The molecule has 1 amide bonds. The minimum Gasteiger partial charge on any atom is -0.393 e. The number of nitrogens with zero attached hydrogens (tertiary/aromatic N) is 1.